The molecule has 4 heteroatoms. The second-order valence-electron chi connectivity index (χ2n) is 6.96. The van der Waals surface area contributed by atoms with Crippen LogP contribution in [0, 0.1) is 0 Å². The fourth-order valence-electron chi connectivity index (χ4n) is 3.91. The van der Waals surface area contributed by atoms with Crippen molar-refractivity contribution in [3.63, 3.8) is 0 Å². The molecular formula is C22H18N2O2. The summed E-state index contributed by atoms with van der Waals surface area (Å²) in [6, 6.07) is 17.8. The Morgan fingerprint density at radius 1 is 1.12 bits per heavy atom. The largest absolute Gasteiger partial charge is 0.449 e. The molecule has 2 heterocycles. The van der Waals surface area contributed by atoms with Crippen molar-refractivity contribution in [1.82, 2.24) is 4.98 Å². The Kier molecular flexibility index (Phi) is 3.18. The number of aromatic amines is 1. The van der Waals surface area contributed by atoms with Gasteiger partial charge in [0.15, 0.2) is 0 Å². The smallest absolute Gasteiger partial charge is 0.339 e. The molecule has 2 aromatic carbocycles. The van der Waals surface area contributed by atoms with Crippen LogP contribution in [0.25, 0.3) is 10.9 Å². The van der Waals surface area contributed by atoms with E-state index in [9.17, 15) is 4.79 Å². The Hall–Kier alpha value is -3.11. The van der Waals surface area contributed by atoms with Gasteiger partial charge in [0, 0.05) is 16.8 Å². The normalized spacial score (nSPS) is 24.4. The van der Waals surface area contributed by atoms with Gasteiger partial charge >= 0.3 is 5.97 Å². The van der Waals surface area contributed by atoms with Crippen LogP contribution in [-0.4, -0.2) is 11.0 Å². The molecule has 0 bridgehead atoms. The first-order valence-electron chi connectivity index (χ1n) is 8.69. The summed E-state index contributed by atoms with van der Waals surface area (Å²) in [5, 5.41) is 1.13. The molecule has 2 unspecified atom stereocenters. The summed E-state index contributed by atoms with van der Waals surface area (Å²) in [6.07, 6.45) is 6.19. The number of hydrogen-bond acceptors (Lipinski definition) is 3. The zero-order chi connectivity index (χ0) is 17.7. The van der Waals surface area contributed by atoms with E-state index >= 15 is 0 Å². The van der Waals surface area contributed by atoms with Crippen molar-refractivity contribution in [1.29, 1.82) is 0 Å². The number of fused-ring (bicyclic) bond motifs is 2. The van der Waals surface area contributed by atoms with E-state index in [2.05, 4.69) is 17.1 Å². The number of aromatic nitrogens is 1. The van der Waals surface area contributed by atoms with Gasteiger partial charge in [-0.1, -0.05) is 54.6 Å². The van der Waals surface area contributed by atoms with Gasteiger partial charge in [-0.2, -0.15) is 0 Å². The van der Waals surface area contributed by atoms with E-state index in [-0.39, 0.29) is 12.1 Å². The first-order chi connectivity index (χ1) is 12.6. The van der Waals surface area contributed by atoms with Gasteiger partial charge in [-0.05, 0) is 35.6 Å². The maximum atomic E-state index is 12.2. The lowest BCUT2D eigenvalue weighted by Crippen LogP contribution is -2.37. The Morgan fingerprint density at radius 3 is 2.81 bits per heavy atom. The van der Waals surface area contributed by atoms with Gasteiger partial charge < -0.3 is 15.5 Å². The first-order valence-corrected chi connectivity index (χ1v) is 8.69. The molecule has 4 nitrogen and oxygen atoms in total. The zero-order valence-corrected chi connectivity index (χ0v) is 14.1. The van der Waals surface area contributed by atoms with E-state index in [1.807, 2.05) is 60.7 Å². The quantitative estimate of drug-likeness (QED) is 0.688. The highest BCUT2D eigenvalue weighted by Gasteiger charge is 2.38. The molecule has 0 saturated carbocycles. The Morgan fingerprint density at radius 2 is 1.92 bits per heavy atom. The first kappa shape index (κ1) is 15.2. The number of carbonyl (C=O) groups is 1. The number of esters is 1. The second kappa shape index (κ2) is 5.44. The number of rotatable bonds is 2. The number of nitrogens with two attached hydrogens (primary N) is 1. The average Bonchev–Trinajstić information content (AvgIpc) is 3.24. The Balaban J connectivity index is 1.51. The number of para-hydroxylation sites is 1. The van der Waals surface area contributed by atoms with Crippen LogP contribution in [0.3, 0.4) is 0 Å². The number of ether oxygens (including phenoxy) is 1. The number of hydrogen-bond donors (Lipinski definition) is 2. The van der Waals surface area contributed by atoms with Gasteiger partial charge in [0.05, 0.1) is 11.1 Å². The van der Waals surface area contributed by atoms with Crippen molar-refractivity contribution in [3.8, 4) is 0 Å². The van der Waals surface area contributed by atoms with E-state index in [1.165, 1.54) is 0 Å². The van der Waals surface area contributed by atoms with Crippen LogP contribution in [0.2, 0.25) is 0 Å². The van der Waals surface area contributed by atoms with E-state index in [0.29, 0.717) is 12.0 Å². The molecule has 2 atom stereocenters. The van der Waals surface area contributed by atoms with Gasteiger partial charge in [0.25, 0.3) is 0 Å². The third-order valence-corrected chi connectivity index (χ3v) is 5.26. The summed E-state index contributed by atoms with van der Waals surface area (Å²) in [5.74, 6) is -0.269. The zero-order valence-electron chi connectivity index (χ0n) is 14.1. The molecule has 1 aromatic heterocycles. The maximum Gasteiger partial charge on any atom is 0.339 e. The number of carbonyl (C=O) groups excluding carboxylic acids is 1. The monoisotopic (exact) mass is 342 g/mol. The van der Waals surface area contributed by atoms with Crippen molar-refractivity contribution >= 4 is 16.9 Å². The van der Waals surface area contributed by atoms with Crippen LogP contribution in [0.4, 0.5) is 0 Å². The van der Waals surface area contributed by atoms with Crippen molar-refractivity contribution in [3.05, 3.63) is 95.2 Å². The molecule has 1 aliphatic heterocycles. The Labute approximate surface area is 151 Å². The SMILES string of the molecule is NC1(c2cc3ccccc3[nH]2)C=CC=C(C2OC(=O)c3ccccc32)C1. The summed E-state index contributed by atoms with van der Waals surface area (Å²) >= 11 is 0. The van der Waals surface area contributed by atoms with E-state index in [4.69, 9.17) is 10.5 Å². The highest BCUT2D eigenvalue weighted by molar-refractivity contribution is 5.94. The van der Waals surface area contributed by atoms with Crippen LogP contribution < -0.4 is 5.73 Å². The molecule has 2 aliphatic rings. The third-order valence-electron chi connectivity index (χ3n) is 5.26. The minimum atomic E-state index is -0.660. The topological polar surface area (TPSA) is 68.1 Å². The molecule has 0 fully saturated rings. The number of allylic oxidation sites excluding steroid dienone is 2. The Bertz CT molecular complexity index is 1060. The minimum absolute atomic E-state index is 0.269. The van der Waals surface area contributed by atoms with Gasteiger partial charge in [-0.25, -0.2) is 4.79 Å². The lowest BCUT2D eigenvalue weighted by Gasteiger charge is -2.30. The van der Waals surface area contributed by atoms with Crippen LogP contribution in [0.5, 0.6) is 0 Å². The third kappa shape index (κ3) is 2.23. The molecule has 0 spiro atoms. The van der Waals surface area contributed by atoms with E-state index in [1.54, 1.807) is 0 Å². The van der Waals surface area contributed by atoms with Gasteiger partial charge in [-0.15, -0.1) is 0 Å². The van der Waals surface area contributed by atoms with Crippen LogP contribution in [0.15, 0.2) is 78.4 Å². The minimum Gasteiger partial charge on any atom is -0.449 e. The summed E-state index contributed by atoms with van der Waals surface area (Å²) < 4.78 is 5.65. The number of nitrogens with one attached hydrogen (secondary N) is 1. The predicted octanol–water partition coefficient (Wildman–Crippen LogP) is 4.12. The fourth-order valence-corrected chi connectivity index (χ4v) is 3.91. The number of benzene rings is 2. The summed E-state index contributed by atoms with van der Waals surface area (Å²) in [6.45, 7) is 0. The molecule has 128 valence electrons. The molecule has 0 radical (unpaired) electrons. The lowest BCUT2D eigenvalue weighted by atomic mass is 9.81. The van der Waals surface area contributed by atoms with E-state index < -0.39 is 5.54 Å². The van der Waals surface area contributed by atoms with Gasteiger partial charge in [0.1, 0.15) is 6.10 Å². The van der Waals surface area contributed by atoms with Gasteiger partial charge in [-0.3, -0.25) is 0 Å². The van der Waals surface area contributed by atoms with Crippen molar-refractivity contribution in [2.75, 3.05) is 0 Å². The van der Waals surface area contributed by atoms with Crippen molar-refractivity contribution < 1.29 is 9.53 Å². The highest BCUT2D eigenvalue weighted by atomic mass is 16.5. The molecular weight excluding hydrogens is 324 g/mol. The molecule has 1 aliphatic carbocycles. The summed E-state index contributed by atoms with van der Waals surface area (Å²) in [5.41, 5.74) is 10.7. The van der Waals surface area contributed by atoms with Gasteiger partial charge in [0.2, 0.25) is 0 Å². The van der Waals surface area contributed by atoms with Crippen LogP contribution in [0.1, 0.15) is 34.1 Å². The maximum absolute atomic E-state index is 12.2. The number of H-pyrrole nitrogens is 1. The molecule has 3 N–H and O–H groups in total. The molecule has 3 aromatic rings. The molecule has 26 heavy (non-hydrogen) atoms. The summed E-state index contributed by atoms with van der Waals surface area (Å²) in [7, 11) is 0. The van der Waals surface area contributed by atoms with E-state index in [0.717, 1.165) is 27.7 Å². The molecule has 0 saturated heterocycles. The van der Waals surface area contributed by atoms with Crippen LogP contribution >= 0.6 is 0 Å². The van der Waals surface area contributed by atoms with Crippen LogP contribution in [-0.2, 0) is 10.3 Å². The average molecular weight is 342 g/mol. The predicted molar refractivity (Wildman–Crippen MR) is 101 cm³/mol. The van der Waals surface area contributed by atoms with Crippen molar-refractivity contribution in [2.45, 2.75) is 18.1 Å². The number of cyclic esters (lactones) is 1. The standard InChI is InChI=1S/C22H18N2O2/c23-22(19-12-14-6-1-4-10-18(14)24-19)11-5-7-15(13-22)20-16-8-2-3-9-17(16)21(25)26-20/h1-12,20,24H,13,23H2. The lowest BCUT2D eigenvalue weighted by molar-refractivity contribution is 0.0440. The second-order valence-corrected chi connectivity index (χ2v) is 6.96. The molecule has 0 amide bonds. The fraction of sp³-hybridized carbons (Fsp3) is 0.136. The van der Waals surface area contributed by atoms with Crippen molar-refractivity contribution in [2.24, 2.45) is 5.73 Å². The summed E-state index contributed by atoms with van der Waals surface area (Å²) in [4.78, 5) is 15.6. The highest BCUT2D eigenvalue weighted by Crippen LogP contribution is 2.42. The molecule has 5 rings (SSSR count).